The zero-order valence-electron chi connectivity index (χ0n) is 17.7. The van der Waals surface area contributed by atoms with E-state index in [4.69, 9.17) is 4.74 Å². The van der Waals surface area contributed by atoms with Gasteiger partial charge >= 0.3 is 6.18 Å². The van der Waals surface area contributed by atoms with E-state index in [1.807, 2.05) is 0 Å². The van der Waals surface area contributed by atoms with Crippen molar-refractivity contribution in [3.8, 4) is 0 Å². The normalized spacial score (nSPS) is 54.4. The maximum Gasteiger partial charge on any atom is 0.391 e. The number of hydrogen-bond donors (Lipinski definition) is 0. The van der Waals surface area contributed by atoms with E-state index in [0.717, 1.165) is 37.2 Å². The molecule has 1 aliphatic heterocycles. The number of rotatable bonds is 2. The lowest BCUT2D eigenvalue weighted by atomic mass is 9.44. The molecule has 1 heterocycles. The van der Waals surface area contributed by atoms with Crippen LogP contribution in [0, 0.1) is 52.3 Å². The fourth-order valence-corrected chi connectivity index (χ4v) is 9.08. The summed E-state index contributed by atoms with van der Waals surface area (Å²) in [6, 6.07) is 0. The summed E-state index contributed by atoms with van der Waals surface area (Å²) in [4.78, 5) is 0. The van der Waals surface area contributed by atoms with Gasteiger partial charge in [-0.25, -0.2) is 0 Å². The fraction of sp³-hybridized carbons (Fsp3) is 1.00. The third kappa shape index (κ3) is 2.82. The molecular formula is C24H37F3O. The first kappa shape index (κ1) is 19.7. The van der Waals surface area contributed by atoms with Crippen molar-refractivity contribution in [2.45, 2.75) is 90.8 Å². The van der Waals surface area contributed by atoms with Crippen LogP contribution < -0.4 is 0 Å². The molecule has 0 amide bonds. The van der Waals surface area contributed by atoms with E-state index in [9.17, 15) is 13.2 Å². The summed E-state index contributed by atoms with van der Waals surface area (Å²) in [5.74, 6) is 2.87. The summed E-state index contributed by atoms with van der Waals surface area (Å²) in [5, 5.41) is 0. The SMILES string of the molecule is CC(C1CO1)C1CCC2C3CCC4CC(C(F)(F)F)CCC4(C)C3CC[C@]12C. The number of hydrogen-bond acceptors (Lipinski definition) is 1. The van der Waals surface area contributed by atoms with Crippen molar-refractivity contribution >= 4 is 0 Å². The summed E-state index contributed by atoms with van der Waals surface area (Å²) in [6.07, 6.45) is 5.45. The smallest absolute Gasteiger partial charge is 0.373 e. The van der Waals surface area contributed by atoms with Crippen molar-refractivity contribution in [3.05, 3.63) is 0 Å². The van der Waals surface area contributed by atoms with Crippen molar-refractivity contribution in [1.29, 1.82) is 0 Å². The molecule has 0 aromatic carbocycles. The van der Waals surface area contributed by atoms with E-state index in [2.05, 4.69) is 20.8 Å². The Morgan fingerprint density at radius 3 is 2.25 bits per heavy atom. The quantitative estimate of drug-likeness (QED) is 0.463. The minimum atomic E-state index is -4.00. The molecule has 4 heteroatoms. The second kappa shape index (κ2) is 6.37. The number of fused-ring (bicyclic) bond motifs is 5. The Labute approximate surface area is 168 Å². The molecule has 1 saturated heterocycles. The number of ether oxygens (including phenoxy) is 1. The molecule has 0 aromatic heterocycles. The van der Waals surface area contributed by atoms with Gasteiger partial charge in [0.1, 0.15) is 0 Å². The van der Waals surface area contributed by atoms with Crippen molar-refractivity contribution in [2.24, 2.45) is 52.3 Å². The van der Waals surface area contributed by atoms with Gasteiger partial charge in [-0.15, -0.1) is 0 Å². The highest BCUT2D eigenvalue weighted by molar-refractivity contribution is 5.10. The molecule has 9 unspecified atom stereocenters. The maximum atomic E-state index is 13.4. The summed E-state index contributed by atoms with van der Waals surface area (Å²) >= 11 is 0. The molecule has 160 valence electrons. The Bertz CT molecular complexity index is 613. The minimum Gasteiger partial charge on any atom is -0.373 e. The molecule has 0 aromatic rings. The van der Waals surface area contributed by atoms with Crippen LogP contribution in [0.2, 0.25) is 0 Å². The zero-order valence-corrected chi connectivity index (χ0v) is 17.7. The topological polar surface area (TPSA) is 12.5 Å². The lowest BCUT2D eigenvalue weighted by Crippen LogP contribution is -2.54. The molecule has 28 heavy (non-hydrogen) atoms. The molecule has 10 atom stereocenters. The average Bonchev–Trinajstić information content (AvgIpc) is 3.41. The van der Waals surface area contributed by atoms with Gasteiger partial charge in [0.15, 0.2) is 0 Å². The van der Waals surface area contributed by atoms with Crippen molar-refractivity contribution in [3.63, 3.8) is 0 Å². The maximum absolute atomic E-state index is 13.4. The van der Waals surface area contributed by atoms with Crippen LogP contribution >= 0.6 is 0 Å². The summed E-state index contributed by atoms with van der Waals surface area (Å²) in [5.41, 5.74) is 0.578. The molecule has 5 rings (SSSR count). The second-order valence-corrected chi connectivity index (χ2v) is 11.6. The third-order valence-electron chi connectivity index (χ3n) is 10.8. The van der Waals surface area contributed by atoms with E-state index in [0.29, 0.717) is 36.2 Å². The molecule has 1 nitrogen and oxygen atoms in total. The van der Waals surface area contributed by atoms with Gasteiger partial charge in [-0.3, -0.25) is 0 Å². The number of epoxide rings is 1. The molecule has 4 saturated carbocycles. The highest BCUT2D eigenvalue weighted by Gasteiger charge is 2.62. The van der Waals surface area contributed by atoms with Crippen LogP contribution in [0.25, 0.3) is 0 Å². The van der Waals surface area contributed by atoms with Crippen molar-refractivity contribution < 1.29 is 17.9 Å². The van der Waals surface area contributed by atoms with Crippen molar-refractivity contribution in [2.75, 3.05) is 6.61 Å². The molecule has 4 aliphatic carbocycles. The van der Waals surface area contributed by atoms with Gasteiger partial charge in [-0.05, 0) is 104 Å². The predicted octanol–water partition coefficient (Wildman–Crippen LogP) is 6.86. The van der Waals surface area contributed by atoms with E-state index < -0.39 is 12.1 Å². The van der Waals surface area contributed by atoms with Gasteiger partial charge in [0.05, 0.1) is 18.6 Å². The minimum absolute atomic E-state index is 0.148. The Balaban J connectivity index is 1.35. The van der Waals surface area contributed by atoms with E-state index >= 15 is 0 Å². The van der Waals surface area contributed by atoms with Gasteiger partial charge < -0.3 is 4.74 Å². The largest absolute Gasteiger partial charge is 0.391 e. The Morgan fingerprint density at radius 2 is 1.57 bits per heavy atom. The standard InChI is InChI=1S/C24H37F3O/c1-14(21-13-28-21)18-6-7-19-17-5-4-15-12-16(24(25,26)27)8-10-22(15,2)20(17)9-11-23(18,19)3/h14-21H,4-13H2,1-3H3/t14?,15?,16?,17?,18?,19?,20?,21?,22?,23-/m1/s1. The molecule has 0 bridgehead atoms. The first-order valence-corrected chi connectivity index (χ1v) is 11.8. The Kier molecular flexibility index (Phi) is 4.48. The molecule has 0 radical (unpaired) electrons. The molecule has 0 N–H and O–H groups in total. The van der Waals surface area contributed by atoms with Gasteiger partial charge in [0, 0.05) is 0 Å². The van der Waals surface area contributed by atoms with E-state index in [-0.39, 0.29) is 11.3 Å². The first-order valence-electron chi connectivity index (χ1n) is 11.8. The van der Waals surface area contributed by atoms with Crippen molar-refractivity contribution in [1.82, 2.24) is 0 Å². The van der Waals surface area contributed by atoms with Crippen LogP contribution in [0.3, 0.4) is 0 Å². The average molecular weight is 399 g/mol. The van der Waals surface area contributed by atoms with Gasteiger partial charge in [-0.2, -0.15) is 13.2 Å². The van der Waals surface area contributed by atoms with Gasteiger partial charge in [0.25, 0.3) is 0 Å². The van der Waals surface area contributed by atoms with Gasteiger partial charge in [-0.1, -0.05) is 20.8 Å². The van der Waals surface area contributed by atoms with Crippen LogP contribution in [-0.4, -0.2) is 18.9 Å². The predicted molar refractivity (Wildman–Crippen MR) is 104 cm³/mol. The lowest BCUT2D eigenvalue weighted by molar-refractivity contribution is -0.208. The highest BCUT2D eigenvalue weighted by atomic mass is 19.4. The van der Waals surface area contributed by atoms with Crippen LogP contribution in [0.1, 0.15) is 78.6 Å². The first-order chi connectivity index (χ1) is 13.1. The van der Waals surface area contributed by atoms with Crippen LogP contribution in [0.15, 0.2) is 0 Å². The van der Waals surface area contributed by atoms with Crippen LogP contribution in [-0.2, 0) is 4.74 Å². The number of halogens is 3. The summed E-state index contributed by atoms with van der Waals surface area (Å²) < 4.78 is 45.7. The van der Waals surface area contributed by atoms with E-state index in [1.54, 1.807) is 0 Å². The number of alkyl halides is 3. The molecule has 5 aliphatic rings. The third-order valence-corrected chi connectivity index (χ3v) is 10.8. The lowest BCUT2D eigenvalue weighted by Gasteiger charge is -2.61. The summed E-state index contributed by atoms with van der Waals surface area (Å²) in [6.45, 7) is 8.28. The Hall–Kier alpha value is -0.250. The molecule has 0 spiro atoms. The highest BCUT2D eigenvalue weighted by Crippen LogP contribution is 2.69. The van der Waals surface area contributed by atoms with E-state index in [1.165, 1.54) is 32.1 Å². The summed E-state index contributed by atoms with van der Waals surface area (Å²) in [7, 11) is 0. The van der Waals surface area contributed by atoms with Crippen LogP contribution in [0.5, 0.6) is 0 Å². The molecule has 5 fully saturated rings. The molecular weight excluding hydrogens is 361 g/mol. The Morgan fingerprint density at radius 1 is 0.893 bits per heavy atom. The zero-order chi connectivity index (χ0) is 19.9. The monoisotopic (exact) mass is 398 g/mol. The van der Waals surface area contributed by atoms with Crippen LogP contribution in [0.4, 0.5) is 13.2 Å². The van der Waals surface area contributed by atoms with Gasteiger partial charge in [0.2, 0.25) is 0 Å². The fourth-order valence-electron chi connectivity index (χ4n) is 9.08. The second-order valence-electron chi connectivity index (χ2n) is 11.6.